The number of carbonyl (C=O) groups excluding carboxylic acids is 6. The van der Waals surface area contributed by atoms with Crippen molar-refractivity contribution in [3.8, 4) is 0 Å². The second-order valence-corrected chi connectivity index (χ2v) is 23.0. The van der Waals surface area contributed by atoms with Crippen molar-refractivity contribution in [1.82, 2.24) is 19.8 Å². The van der Waals surface area contributed by atoms with Crippen LogP contribution in [0.15, 0.2) is 60.0 Å². The molecule has 15 atom stereocenters. The molecular formula is C59H88N6O14. The van der Waals surface area contributed by atoms with E-state index in [0.717, 1.165) is 16.0 Å². The molecule has 1 aliphatic carbocycles. The fourth-order valence-corrected chi connectivity index (χ4v) is 11.6. The monoisotopic (exact) mass is 1100 g/mol. The van der Waals surface area contributed by atoms with Crippen LogP contribution in [0.3, 0.4) is 0 Å². The molecule has 1 aromatic rings. The summed E-state index contributed by atoms with van der Waals surface area (Å²) < 4.78 is 30.2. The Labute approximate surface area is 466 Å². The van der Waals surface area contributed by atoms with Gasteiger partial charge in [0.15, 0.2) is 5.78 Å². The fourth-order valence-electron chi connectivity index (χ4n) is 11.6. The molecule has 5 aliphatic rings. The molecule has 20 nitrogen and oxygen atoms in total. The van der Waals surface area contributed by atoms with Gasteiger partial charge in [-0.15, -0.1) is 0 Å². The molecule has 4 aliphatic heterocycles. The SMILES string of the molecule is CO[C@H]1C[C@@H]2CC[C@@H](C)[C@@](O)(O2)C(=O)C(=O)N2CCCC[C@H]2C(=O)O[C@H]([C@H](N)C[C@@H]2CC[C@@H](OC(=O)N3CCN(c4ncc(C)cn4)CC3)[C@H](OC)C2)CC(=O)[C@H](C)/C=C(\C)[C@@H](O)[C@@H](O)C(=O)[C@H](C)C[C@H](C)/C=C/C=C/C=C/1C. The summed E-state index contributed by atoms with van der Waals surface area (Å²) >= 11 is 0. The first kappa shape index (κ1) is 63.0. The minimum absolute atomic E-state index is 0.0205. The molecule has 2 amide bonds. The molecular weight excluding hydrogens is 1020 g/mol. The van der Waals surface area contributed by atoms with Gasteiger partial charge in [-0.2, -0.15) is 0 Å². The number of hydrogen-bond acceptors (Lipinski definition) is 18. The lowest BCUT2D eigenvalue weighted by atomic mass is 9.80. The third kappa shape index (κ3) is 16.5. The molecule has 0 radical (unpaired) electrons. The third-order valence-corrected chi connectivity index (χ3v) is 16.8. The van der Waals surface area contributed by atoms with Crippen LogP contribution in [0.2, 0.25) is 0 Å². The number of rotatable bonds is 7. The number of ether oxygens (including phenoxy) is 5. The van der Waals surface area contributed by atoms with E-state index in [4.69, 9.17) is 29.4 Å². The number of nitrogens with zero attached hydrogens (tertiary/aromatic N) is 5. The Bertz CT molecular complexity index is 2390. The number of cyclic esters (lactones) is 1. The summed E-state index contributed by atoms with van der Waals surface area (Å²) in [7, 11) is 3.11. The van der Waals surface area contributed by atoms with Gasteiger partial charge in [0, 0.05) is 96.0 Å². The largest absolute Gasteiger partial charge is 0.459 e. The minimum atomic E-state index is -2.49. The first-order valence-electron chi connectivity index (χ1n) is 28.4. The summed E-state index contributed by atoms with van der Waals surface area (Å²) in [6.07, 6.45) is 11.2. The van der Waals surface area contributed by atoms with E-state index in [9.17, 15) is 44.1 Å². The van der Waals surface area contributed by atoms with Gasteiger partial charge in [0.05, 0.1) is 18.3 Å². The van der Waals surface area contributed by atoms with Gasteiger partial charge < -0.3 is 59.4 Å². The van der Waals surface area contributed by atoms with Crippen molar-refractivity contribution < 1.29 is 67.8 Å². The Morgan fingerprint density at radius 1 is 0.823 bits per heavy atom. The second kappa shape index (κ2) is 29.0. The lowest BCUT2D eigenvalue weighted by Crippen LogP contribution is -2.61. The molecule has 20 heteroatoms. The molecule has 1 aromatic heterocycles. The van der Waals surface area contributed by atoms with Crippen LogP contribution in [0, 0.1) is 36.5 Å². The van der Waals surface area contributed by atoms with Crippen LogP contribution in [0.4, 0.5) is 10.7 Å². The van der Waals surface area contributed by atoms with Crippen LogP contribution in [0.5, 0.6) is 0 Å². The maximum absolute atomic E-state index is 14.6. The molecule has 0 unspecified atom stereocenters. The van der Waals surface area contributed by atoms with Crippen molar-refractivity contribution in [2.24, 2.45) is 35.3 Å². The van der Waals surface area contributed by atoms with Gasteiger partial charge in [-0.25, -0.2) is 19.6 Å². The third-order valence-electron chi connectivity index (χ3n) is 16.8. The first-order chi connectivity index (χ1) is 37.5. The Kier molecular flexibility index (Phi) is 23.1. The number of anilines is 1. The maximum atomic E-state index is 14.6. The summed E-state index contributed by atoms with van der Waals surface area (Å²) in [6, 6.07) is -2.18. The summed E-state index contributed by atoms with van der Waals surface area (Å²) in [5, 5.41) is 34.4. The highest BCUT2D eigenvalue weighted by Crippen LogP contribution is 2.38. The predicted octanol–water partition coefficient (Wildman–Crippen LogP) is 5.28. The van der Waals surface area contributed by atoms with Gasteiger partial charge in [-0.05, 0) is 114 Å². The van der Waals surface area contributed by atoms with Crippen LogP contribution < -0.4 is 10.6 Å². The van der Waals surface area contributed by atoms with E-state index in [1.165, 1.54) is 13.0 Å². The normalized spacial score (nSPS) is 36.4. The van der Waals surface area contributed by atoms with Crippen LogP contribution >= 0.6 is 0 Å². The number of methoxy groups -OCH3 is 2. The smallest absolute Gasteiger partial charge is 0.410 e. The Balaban J connectivity index is 1.21. The quantitative estimate of drug-likeness (QED) is 0.154. The topological polar surface area (TPSA) is 271 Å². The number of piperazine rings is 1. The van der Waals surface area contributed by atoms with Crippen LogP contribution in [0.1, 0.15) is 124 Å². The molecule has 2 bridgehead atoms. The number of piperidine rings is 1. The van der Waals surface area contributed by atoms with E-state index in [2.05, 4.69) is 9.97 Å². The summed E-state index contributed by atoms with van der Waals surface area (Å²) in [6.45, 7) is 14.2. The van der Waals surface area contributed by atoms with Gasteiger partial charge in [0.2, 0.25) is 11.7 Å². The number of fused-ring (bicyclic) bond motifs is 3. The number of nitrogens with two attached hydrogens (primary N) is 1. The first-order valence-corrected chi connectivity index (χ1v) is 28.4. The molecule has 5 heterocycles. The molecule has 438 valence electrons. The van der Waals surface area contributed by atoms with E-state index in [1.54, 1.807) is 52.3 Å². The molecule has 0 spiro atoms. The highest BCUT2D eigenvalue weighted by molar-refractivity contribution is 6.39. The Morgan fingerprint density at radius 3 is 2.22 bits per heavy atom. The van der Waals surface area contributed by atoms with Gasteiger partial charge in [-0.1, -0.05) is 64.2 Å². The maximum Gasteiger partial charge on any atom is 0.410 e. The summed E-state index contributed by atoms with van der Waals surface area (Å²) in [5.41, 5.74) is 8.99. The zero-order valence-electron chi connectivity index (χ0n) is 47.9. The molecule has 1 saturated carbocycles. The van der Waals surface area contributed by atoms with Gasteiger partial charge in [0.25, 0.3) is 11.7 Å². The van der Waals surface area contributed by atoms with Crippen molar-refractivity contribution in [2.45, 2.75) is 186 Å². The lowest BCUT2D eigenvalue weighted by Gasteiger charge is -2.42. The molecule has 6 rings (SSSR count). The fraction of sp³-hybridized carbons (Fsp3) is 0.695. The number of hydrogen-bond donors (Lipinski definition) is 4. The average molecular weight is 1110 g/mol. The van der Waals surface area contributed by atoms with Gasteiger partial charge in [-0.3, -0.25) is 19.2 Å². The lowest BCUT2D eigenvalue weighted by molar-refractivity contribution is -0.265. The van der Waals surface area contributed by atoms with Crippen molar-refractivity contribution in [3.05, 3.63) is 65.6 Å². The number of aliphatic hydroxyl groups is 3. The van der Waals surface area contributed by atoms with Crippen molar-refractivity contribution >= 4 is 41.3 Å². The number of aryl methyl sites for hydroxylation is 1. The molecule has 79 heavy (non-hydrogen) atoms. The Hall–Kier alpha value is -5.22. The number of carbonyl (C=O) groups is 6. The average Bonchev–Trinajstić information content (AvgIpc) is 3.45. The molecule has 0 aromatic carbocycles. The standard InChI is InChI=1S/C59H88N6O14/c1-35-15-11-10-12-16-37(3)48(75-8)31-43-20-18-41(7)59(74,79-43)54(70)55(71)65-22-14-13-17-45(65)56(72)77-49(32-46(66)38(4)28-40(6)52(68)53(69)51(67)39(5)27-35)44(60)29-42-19-21-47(50(30-42)76-9)78-58(73)64-25-23-63(24-26-64)57-61-33-36(2)34-62-57/h10-12,15-16,28,33-35,38-39,41-45,47-50,52-53,68-69,74H,13-14,17-27,29-32,60H2,1-9H3/b12-10+,15-11+,37-16+,40-28+/t35-,38-,39-,41-,42+,43+,44-,45+,47-,48+,49+,50-,52-,53+,59-/m1/s1. The van der Waals surface area contributed by atoms with Crippen LogP contribution in [-0.4, -0.2) is 178 Å². The van der Waals surface area contributed by atoms with E-state index in [-0.39, 0.29) is 49.6 Å². The number of aromatic nitrogens is 2. The van der Waals surface area contributed by atoms with Crippen molar-refractivity contribution in [1.29, 1.82) is 0 Å². The van der Waals surface area contributed by atoms with Crippen molar-refractivity contribution in [2.75, 3.05) is 51.8 Å². The number of aliphatic hydroxyl groups excluding tert-OH is 2. The van der Waals surface area contributed by atoms with E-state index < -0.39 is 114 Å². The minimum Gasteiger partial charge on any atom is -0.459 e. The van der Waals surface area contributed by atoms with Gasteiger partial charge >= 0.3 is 12.1 Å². The summed E-state index contributed by atoms with van der Waals surface area (Å²) in [5.74, 6) is -8.43. The zero-order chi connectivity index (χ0) is 57.7. The van der Waals surface area contributed by atoms with Crippen LogP contribution in [0.25, 0.3) is 0 Å². The zero-order valence-corrected chi connectivity index (χ0v) is 47.9. The second-order valence-electron chi connectivity index (χ2n) is 23.0. The van der Waals surface area contributed by atoms with Gasteiger partial charge in [0.1, 0.15) is 36.2 Å². The van der Waals surface area contributed by atoms with Crippen molar-refractivity contribution in [3.63, 3.8) is 0 Å². The summed E-state index contributed by atoms with van der Waals surface area (Å²) in [4.78, 5) is 98.2. The van der Waals surface area contributed by atoms with E-state index >= 15 is 0 Å². The highest BCUT2D eigenvalue weighted by Gasteiger charge is 2.53. The predicted molar refractivity (Wildman–Crippen MR) is 294 cm³/mol. The molecule has 3 saturated heterocycles. The van der Waals surface area contributed by atoms with Crippen LogP contribution in [-0.2, 0) is 47.7 Å². The number of allylic oxidation sites excluding steroid dienone is 6. The molecule has 5 N–H and O–H groups in total. The van der Waals surface area contributed by atoms with E-state index in [0.29, 0.717) is 83.5 Å². The number of Topliss-reactive ketones (excluding diaryl/α,β-unsaturated/α-hetero) is 3. The number of amides is 2. The number of esters is 1. The van der Waals surface area contributed by atoms with E-state index in [1.807, 2.05) is 56.1 Å². The number of ketones is 3. The molecule has 4 fully saturated rings. The Morgan fingerprint density at radius 2 is 1.53 bits per heavy atom. The highest BCUT2D eigenvalue weighted by atomic mass is 16.6.